The van der Waals surface area contributed by atoms with Gasteiger partial charge in [-0.15, -0.1) is 11.5 Å². The Morgan fingerprint density at radius 3 is 2.83 bits per heavy atom. The van der Waals surface area contributed by atoms with Crippen molar-refractivity contribution in [3.63, 3.8) is 0 Å². The summed E-state index contributed by atoms with van der Waals surface area (Å²) in [6, 6.07) is 8.45. The SMILES string of the molecule is C#Cc1cnc(NC2CCN(c3nncc4ccccc34)C2)nc1. The zero-order valence-electron chi connectivity index (χ0n) is 13.1. The Labute approximate surface area is 140 Å². The lowest BCUT2D eigenvalue weighted by Gasteiger charge is -2.19. The Balaban J connectivity index is 1.50. The standard InChI is InChI=1S/C18H16N6/c1-2-13-9-19-18(20-10-13)22-15-7-8-24(12-15)17-16-6-4-3-5-14(16)11-21-23-17/h1,3-6,9-11,15H,7-8,12H2,(H,19,20,22). The average molecular weight is 316 g/mol. The van der Waals surface area contributed by atoms with E-state index in [1.165, 1.54) is 0 Å². The fourth-order valence-electron chi connectivity index (χ4n) is 2.98. The zero-order chi connectivity index (χ0) is 16.4. The van der Waals surface area contributed by atoms with Crippen LogP contribution in [0.15, 0.2) is 42.9 Å². The second-order valence-electron chi connectivity index (χ2n) is 5.77. The van der Waals surface area contributed by atoms with Crippen molar-refractivity contribution < 1.29 is 0 Å². The van der Waals surface area contributed by atoms with E-state index >= 15 is 0 Å². The molecule has 3 aromatic rings. The quantitative estimate of drug-likeness (QED) is 0.746. The number of aromatic nitrogens is 4. The molecule has 1 aliphatic heterocycles. The first-order valence-corrected chi connectivity index (χ1v) is 7.84. The van der Waals surface area contributed by atoms with Crippen LogP contribution in [0.1, 0.15) is 12.0 Å². The minimum atomic E-state index is 0.266. The summed E-state index contributed by atoms with van der Waals surface area (Å²) in [7, 11) is 0. The second kappa shape index (κ2) is 6.13. The van der Waals surface area contributed by atoms with Crippen LogP contribution in [-0.4, -0.2) is 39.3 Å². The van der Waals surface area contributed by atoms with Crippen LogP contribution in [-0.2, 0) is 0 Å². The summed E-state index contributed by atoms with van der Waals surface area (Å²) in [5, 5.41) is 14.1. The van der Waals surface area contributed by atoms with Crippen molar-refractivity contribution >= 4 is 22.5 Å². The van der Waals surface area contributed by atoms with Crippen LogP contribution in [0.4, 0.5) is 11.8 Å². The van der Waals surface area contributed by atoms with Crippen molar-refractivity contribution in [1.82, 2.24) is 20.2 Å². The van der Waals surface area contributed by atoms with Gasteiger partial charge in [0.25, 0.3) is 0 Å². The molecule has 2 aromatic heterocycles. The van der Waals surface area contributed by atoms with Gasteiger partial charge in [-0.1, -0.05) is 30.2 Å². The highest BCUT2D eigenvalue weighted by Gasteiger charge is 2.25. The van der Waals surface area contributed by atoms with Gasteiger partial charge >= 0.3 is 0 Å². The van der Waals surface area contributed by atoms with E-state index in [4.69, 9.17) is 6.42 Å². The van der Waals surface area contributed by atoms with Crippen LogP contribution >= 0.6 is 0 Å². The highest BCUT2D eigenvalue weighted by molar-refractivity contribution is 5.91. The van der Waals surface area contributed by atoms with E-state index in [9.17, 15) is 0 Å². The molecule has 4 rings (SSSR count). The molecule has 6 heteroatoms. The lowest BCUT2D eigenvalue weighted by atomic mass is 10.2. The molecule has 1 N–H and O–H groups in total. The molecule has 1 aliphatic rings. The van der Waals surface area contributed by atoms with Crippen molar-refractivity contribution in [1.29, 1.82) is 0 Å². The summed E-state index contributed by atoms with van der Waals surface area (Å²) in [6.45, 7) is 1.76. The zero-order valence-corrected chi connectivity index (χ0v) is 13.1. The molecule has 0 amide bonds. The number of nitrogens with zero attached hydrogens (tertiary/aromatic N) is 5. The van der Waals surface area contributed by atoms with Gasteiger partial charge in [-0.3, -0.25) is 0 Å². The lowest BCUT2D eigenvalue weighted by Crippen LogP contribution is -2.27. The number of benzene rings is 1. The monoisotopic (exact) mass is 316 g/mol. The third-order valence-electron chi connectivity index (χ3n) is 4.19. The molecule has 1 unspecified atom stereocenters. The van der Waals surface area contributed by atoms with Crippen molar-refractivity contribution in [2.75, 3.05) is 23.3 Å². The van der Waals surface area contributed by atoms with Crippen LogP contribution < -0.4 is 10.2 Å². The van der Waals surface area contributed by atoms with Gasteiger partial charge in [0.1, 0.15) is 0 Å². The van der Waals surface area contributed by atoms with Crippen molar-refractivity contribution in [3.05, 3.63) is 48.4 Å². The van der Waals surface area contributed by atoms with Crippen LogP contribution in [0.2, 0.25) is 0 Å². The molecular weight excluding hydrogens is 300 g/mol. The Morgan fingerprint density at radius 2 is 2.00 bits per heavy atom. The van der Waals surface area contributed by atoms with E-state index in [-0.39, 0.29) is 6.04 Å². The molecule has 0 radical (unpaired) electrons. The molecule has 0 aliphatic carbocycles. The minimum absolute atomic E-state index is 0.266. The van der Waals surface area contributed by atoms with Gasteiger partial charge in [-0.2, -0.15) is 5.10 Å². The molecule has 1 aromatic carbocycles. The number of hydrogen-bond donors (Lipinski definition) is 1. The molecule has 0 bridgehead atoms. The van der Waals surface area contributed by atoms with E-state index in [0.717, 1.165) is 36.1 Å². The topological polar surface area (TPSA) is 66.8 Å². The van der Waals surface area contributed by atoms with Gasteiger partial charge in [0.05, 0.1) is 11.8 Å². The normalized spacial score (nSPS) is 17.0. The maximum absolute atomic E-state index is 5.32. The lowest BCUT2D eigenvalue weighted by molar-refractivity contribution is 0.790. The fraction of sp³-hybridized carbons (Fsp3) is 0.222. The van der Waals surface area contributed by atoms with Gasteiger partial charge in [0, 0.05) is 42.3 Å². The summed E-state index contributed by atoms with van der Waals surface area (Å²) in [6.07, 6.45) is 11.4. The first-order chi connectivity index (χ1) is 11.8. The Kier molecular flexibility index (Phi) is 3.67. The maximum Gasteiger partial charge on any atom is 0.222 e. The third-order valence-corrected chi connectivity index (χ3v) is 4.19. The molecule has 118 valence electrons. The first kappa shape index (κ1) is 14.4. The fourth-order valence-corrected chi connectivity index (χ4v) is 2.98. The largest absolute Gasteiger partial charge is 0.352 e. The predicted molar refractivity (Wildman–Crippen MR) is 93.7 cm³/mol. The Morgan fingerprint density at radius 1 is 1.17 bits per heavy atom. The number of anilines is 2. The molecule has 1 saturated heterocycles. The summed E-state index contributed by atoms with van der Waals surface area (Å²) in [5.74, 6) is 4.05. The summed E-state index contributed by atoms with van der Waals surface area (Å²) in [5.41, 5.74) is 0.680. The van der Waals surface area contributed by atoms with E-state index in [1.54, 1.807) is 18.6 Å². The van der Waals surface area contributed by atoms with E-state index in [2.05, 4.69) is 48.4 Å². The Hall–Kier alpha value is -3.20. The van der Waals surface area contributed by atoms with Crippen LogP contribution in [0.3, 0.4) is 0 Å². The third kappa shape index (κ3) is 2.72. The predicted octanol–water partition coefficient (Wildman–Crippen LogP) is 2.09. The van der Waals surface area contributed by atoms with Crippen molar-refractivity contribution in [2.45, 2.75) is 12.5 Å². The summed E-state index contributed by atoms with van der Waals surface area (Å²) >= 11 is 0. The molecule has 1 fully saturated rings. The minimum Gasteiger partial charge on any atom is -0.352 e. The van der Waals surface area contributed by atoms with Gasteiger partial charge < -0.3 is 10.2 Å². The maximum atomic E-state index is 5.32. The van der Waals surface area contributed by atoms with Gasteiger partial charge in [-0.05, 0) is 6.42 Å². The number of nitrogens with one attached hydrogen (secondary N) is 1. The highest BCUT2D eigenvalue weighted by Crippen LogP contribution is 2.26. The van der Waals surface area contributed by atoms with E-state index < -0.39 is 0 Å². The summed E-state index contributed by atoms with van der Waals surface area (Å²) < 4.78 is 0. The first-order valence-electron chi connectivity index (χ1n) is 7.84. The molecule has 6 nitrogen and oxygen atoms in total. The molecule has 0 saturated carbocycles. The summed E-state index contributed by atoms with van der Waals surface area (Å²) in [4.78, 5) is 10.8. The van der Waals surface area contributed by atoms with Crippen molar-refractivity contribution in [3.8, 4) is 12.3 Å². The van der Waals surface area contributed by atoms with Gasteiger partial charge in [-0.25, -0.2) is 9.97 Å². The van der Waals surface area contributed by atoms with Crippen LogP contribution in [0.25, 0.3) is 10.8 Å². The molecule has 3 heterocycles. The van der Waals surface area contributed by atoms with Crippen LogP contribution in [0.5, 0.6) is 0 Å². The number of hydrogen-bond acceptors (Lipinski definition) is 6. The second-order valence-corrected chi connectivity index (χ2v) is 5.77. The average Bonchev–Trinajstić information content (AvgIpc) is 3.10. The number of rotatable bonds is 3. The van der Waals surface area contributed by atoms with Gasteiger partial charge in [0.2, 0.25) is 5.95 Å². The molecular formula is C18H16N6. The number of terminal acetylenes is 1. The van der Waals surface area contributed by atoms with Crippen LogP contribution in [0, 0.1) is 12.3 Å². The molecule has 24 heavy (non-hydrogen) atoms. The van der Waals surface area contributed by atoms with Gasteiger partial charge in [0.15, 0.2) is 5.82 Å². The molecule has 1 atom stereocenters. The smallest absolute Gasteiger partial charge is 0.222 e. The number of fused-ring (bicyclic) bond motifs is 1. The highest BCUT2D eigenvalue weighted by atomic mass is 15.3. The van der Waals surface area contributed by atoms with E-state index in [1.807, 2.05) is 12.1 Å². The molecule has 0 spiro atoms. The van der Waals surface area contributed by atoms with E-state index in [0.29, 0.717) is 11.5 Å². The van der Waals surface area contributed by atoms with Crippen molar-refractivity contribution in [2.24, 2.45) is 0 Å². The Bertz CT molecular complexity index is 894.